The number of phenols is 1. The lowest BCUT2D eigenvalue weighted by Gasteiger charge is -2.10. The first kappa shape index (κ1) is 11.1. The zero-order valence-electron chi connectivity index (χ0n) is 6.90. The first-order valence-corrected chi connectivity index (χ1v) is 4.05. The van der Waals surface area contributed by atoms with Gasteiger partial charge in [-0.2, -0.15) is 13.2 Å². The summed E-state index contributed by atoms with van der Waals surface area (Å²) in [6.07, 6.45) is -4.55. The minimum atomic E-state index is -4.55. The summed E-state index contributed by atoms with van der Waals surface area (Å²) < 4.78 is 36.8. The maximum absolute atomic E-state index is 12.3. The maximum Gasteiger partial charge on any atom is 0.419 e. The number of nitrogens with one attached hydrogen (secondary N) is 1. The van der Waals surface area contributed by atoms with E-state index in [0.717, 1.165) is 12.1 Å². The summed E-state index contributed by atoms with van der Waals surface area (Å²) in [7, 11) is 0. The molecule has 0 amide bonds. The fourth-order valence-corrected chi connectivity index (χ4v) is 1.15. The molecule has 1 aromatic rings. The van der Waals surface area contributed by atoms with Crippen molar-refractivity contribution in [2.45, 2.75) is 12.7 Å². The van der Waals surface area contributed by atoms with Crippen molar-refractivity contribution in [2.75, 3.05) is 0 Å². The average Bonchev–Trinajstić information content (AvgIpc) is 2.07. The molecule has 1 rings (SSSR count). The van der Waals surface area contributed by atoms with Crippen molar-refractivity contribution in [2.24, 2.45) is 0 Å². The summed E-state index contributed by atoms with van der Waals surface area (Å²) in [4.78, 5) is 2.21. The number of hydrogen-bond donors (Lipinski definition) is 2. The Labute approximate surface area is 83.4 Å². The summed E-state index contributed by atoms with van der Waals surface area (Å²) >= 11 is 5.15. The van der Waals surface area contributed by atoms with Gasteiger partial charge >= 0.3 is 6.18 Å². The van der Waals surface area contributed by atoms with Crippen LogP contribution in [0.25, 0.3) is 0 Å². The number of aromatic hydroxyl groups is 1. The molecule has 0 saturated carbocycles. The number of benzene rings is 1. The van der Waals surface area contributed by atoms with E-state index in [9.17, 15) is 13.2 Å². The van der Waals surface area contributed by atoms with Gasteiger partial charge in [0.2, 0.25) is 0 Å². The Hall–Kier alpha value is -0.940. The van der Waals surface area contributed by atoms with Gasteiger partial charge in [0.15, 0.2) is 0 Å². The lowest BCUT2D eigenvalue weighted by atomic mass is 10.1. The number of rotatable bonds is 2. The maximum atomic E-state index is 12.3. The molecule has 2 N–H and O–H groups in total. The highest BCUT2D eigenvalue weighted by atomic mass is 35.5. The van der Waals surface area contributed by atoms with E-state index in [-0.39, 0.29) is 6.54 Å². The van der Waals surface area contributed by atoms with Gasteiger partial charge < -0.3 is 5.11 Å². The SMILES string of the molecule is Oc1ccc(CNCl)cc1C(F)(F)F. The molecule has 78 valence electrons. The minimum Gasteiger partial charge on any atom is -0.507 e. The van der Waals surface area contributed by atoms with Crippen molar-refractivity contribution in [1.82, 2.24) is 4.84 Å². The van der Waals surface area contributed by atoms with Gasteiger partial charge in [-0.1, -0.05) is 6.07 Å². The number of halogens is 4. The smallest absolute Gasteiger partial charge is 0.419 e. The zero-order valence-corrected chi connectivity index (χ0v) is 7.65. The van der Waals surface area contributed by atoms with Crippen LogP contribution in [-0.2, 0) is 12.7 Å². The van der Waals surface area contributed by atoms with Gasteiger partial charge in [0, 0.05) is 6.54 Å². The quantitative estimate of drug-likeness (QED) is 0.759. The van der Waals surface area contributed by atoms with Crippen molar-refractivity contribution >= 4 is 11.8 Å². The highest BCUT2D eigenvalue weighted by Gasteiger charge is 2.33. The molecule has 0 aliphatic rings. The summed E-state index contributed by atoms with van der Waals surface area (Å²) in [6, 6.07) is 3.21. The third-order valence-electron chi connectivity index (χ3n) is 1.64. The molecule has 14 heavy (non-hydrogen) atoms. The highest BCUT2D eigenvalue weighted by Crippen LogP contribution is 2.35. The largest absolute Gasteiger partial charge is 0.507 e. The number of phenolic OH excluding ortho intramolecular Hbond substituents is 1. The molecule has 0 aliphatic carbocycles. The summed E-state index contributed by atoms with van der Waals surface area (Å²) in [5, 5.41) is 8.97. The van der Waals surface area contributed by atoms with Crippen LogP contribution in [0.3, 0.4) is 0 Å². The highest BCUT2D eigenvalue weighted by molar-refractivity contribution is 6.13. The molecule has 0 radical (unpaired) electrons. The van der Waals surface area contributed by atoms with Crippen LogP contribution in [0.4, 0.5) is 13.2 Å². The normalized spacial score (nSPS) is 11.7. The molecule has 0 atom stereocenters. The van der Waals surface area contributed by atoms with Gasteiger partial charge in [-0.15, -0.1) is 0 Å². The van der Waals surface area contributed by atoms with Gasteiger partial charge in [0.25, 0.3) is 0 Å². The van der Waals surface area contributed by atoms with Crippen molar-refractivity contribution < 1.29 is 18.3 Å². The van der Waals surface area contributed by atoms with E-state index in [2.05, 4.69) is 4.84 Å². The molecule has 0 aliphatic heterocycles. The van der Waals surface area contributed by atoms with Crippen LogP contribution >= 0.6 is 11.8 Å². The van der Waals surface area contributed by atoms with E-state index in [0.29, 0.717) is 5.56 Å². The molecule has 0 spiro atoms. The van der Waals surface area contributed by atoms with E-state index in [1.165, 1.54) is 6.07 Å². The van der Waals surface area contributed by atoms with Crippen molar-refractivity contribution in [3.63, 3.8) is 0 Å². The molecule has 2 nitrogen and oxygen atoms in total. The fourth-order valence-electron chi connectivity index (χ4n) is 0.997. The van der Waals surface area contributed by atoms with Crippen LogP contribution in [0.5, 0.6) is 5.75 Å². The molecule has 6 heteroatoms. The summed E-state index contributed by atoms with van der Waals surface area (Å²) in [6.45, 7) is 0.102. The van der Waals surface area contributed by atoms with Gasteiger partial charge in [0.1, 0.15) is 5.75 Å². The van der Waals surface area contributed by atoms with Crippen molar-refractivity contribution in [3.8, 4) is 5.75 Å². The molecule has 0 fully saturated rings. The second-order valence-electron chi connectivity index (χ2n) is 2.66. The topological polar surface area (TPSA) is 32.3 Å². The van der Waals surface area contributed by atoms with Crippen LogP contribution in [0.2, 0.25) is 0 Å². The monoisotopic (exact) mass is 225 g/mol. The number of alkyl halides is 3. The van der Waals surface area contributed by atoms with E-state index in [4.69, 9.17) is 16.9 Å². The van der Waals surface area contributed by atoms with Crippen LogP contribution < -0.4 is 4.84 Å². The van der Waals surface area contributed by atoms with Crippen molar-refractivity contribution in [1.29, 1.82) is 0 Å². The predicted molar refractivity (Wildman–Crippen MR) is 45.8 cm³/mol. The zero-order chi connectivity index (χ0) is 10.8. The molecular formula is C8H7ClF3NO. The average molecular weight is 226 g/mol. The first-order valence-electron chi connectivity index (χ1n) is 3.67. The second-order valence-corrected chi connectivity index (χ2v) is 2.93. The molecule has 0 heterocycles. The van der Waals surface area contributed by atoms with Gasteiger partial charge in [-0.05, 0) is 29.5 Å². The predicted octanol–water partition coefficient (Wildman–Crippen LogP) is 2.65. The van der Waals surface area contributed by atoms with Gasteiger partial charge in [0.05, 0.1) is 5.56 Å². The van der Waals surface area contributed by atoms with Crippen molar-refractivity contribution in [3.05, 3.63) is 29.3 Å². The van der Waals surface area contributed by atoms with E-state index < -0.39 is 17.5 Å². The van der Waals surface area contributed by atoms with Gasteiger partial charge in [-0.25, -0.2) is 4.84 Å². The Morgan fingerprint density at radius 3 is 2.50 bits per heavy atom. The molecular weight excluding hydrogens is 219 g/mol. The lowest BCUT2D eigenvalue weighted by molar-refractivity contribution is -0.138. The molecule has 0 bridgehead atoms. The van der Waals surface area contributed by atoms with Gasteiger partial charge in [-0.3, -0.25) is 0 Å². The Balaban J connectivity index is 3.09. The Morgan fingerprint density at radius 1 is 1.36 bits per heavy atom. The Bertz CT molecular complexity index is 327. The van der Waals surface area contributed by atoms with Crippen LogP contribution in [0.15, 0.2) is 18.2 Å². The fraction of sp³-hybridized carbons (Fsp3) is 0.250. The summed E-state index contributed by atoms with van der Waals surface area (Å²) in [5.41, 5.74) is -0.702. The van der Waals surface area contributed by atoms with Crippen LogP contribution in [0.1, 0.15) is 11.1 Å². The molecule has 0 unspecified atom stereocenters. The van der Waals surface area contributed by atoms with Crippen LogP contribution in [0, 0.1) is 0 Å². The lowest BCUT2D eigenvalue weighted by Crippen LogP contribution is -2.07. The molecule has 0 saturated heterocycles. The second kappa shape index (κ2) is 4.06. The Kier molecular flexibility index (Phi) is 3.23. The number of hydrogen-bond acceptors (Lipinski definition) is 2. The van der Waals surface area contributed by atoms with E-state index in [1.54, 1.807) is 0 Å². The molecule has 1 aromatic carbocycles. The minimum absolute atomic E-state index is 0.102. The van der Waals surface area contributed by atoms with E-state index in [1.807, 2.05) is 0 Å². The Morgan fingerprint density at radius 2 is 2.00 bits per heavy atom. The summed E-state index contributed by atoms with van der Waals surface area (Å²) in [5.74, 6) is -0.782. The third kappa shape index (κ3) is 2.52. The van der Waals surface area contributed by atoms with E-state index >= 15 is 0 Å². The van der Waals surface area contributed by atoms with Crippen LogP contribution in [-0.4, -0.2) is 5.11 Å². The standard InChI is InChI=1S/C8H7ClF3NO/c9-13-4-5-1-2-7(14)6(3-5)8(10,11)12/h1-3,13-14H,4H2. The molecule has 0 aromatic heterocycles. The third-order valence-corrected chi connectivity index (χ3v) is 1.77. The first-order chi connectivity index (χ1) is 6.45.